The number of carbonyl (C=O) groups is 1. The van der Waals surface area contributed by atoms with Crippen molar-refractivity contribution in [1.82, 2.24) is 0 Å². The zero-order valence-corrected chi connectivity index (χ0v) is 12.5. The van der Waals surface area contributed by atoms with Crippen molar-refractivity contribution >= 4 is 6.29 Å². The maximum Gasteiger partial charge on any atom is 0.150 e. The van der Waals surface area contributed by atoms with Gasteiger partial charge in [0.1, 0.15) is 30.1 Å². The molecular weight excluding hydrogens is 288 g/mol. The largest absolute Gasteiger partial charge is 0.489 e. The lowest BCUT2D eigenvalue weighted by Crippen LogP contribution is -1.94. The standard InChI is InChI=1S/C20H16O3/c21-14-17-7-4-8-20(13-17)23-19-11-9-18(10-12-19)22-15-16-5-2-1-3-6-16/h1-14H,15H2. The molecular formula is C20H16O3. The highest BCUT2D eigenvalue weighted by molar-refractivity contribution is 5.75. The Hall–Kier alpha value is -3.07. The minimum atomic E-state index is 0.530. The third-order valence-electron chi connectivity index (χ3n) is 3.30. The summed E-state index contributed by atoms with van der Waals surface area (Å²) in [6.07, 6.45) is 0.799. The van der Waals surface area contributed by atoms with Crippen LogP contribution in [0.4, 0.5) is 0 Å². The molecule has 0 heterocycles. The second-order valence-electron chi connectivity index (χ2n) is 5.04. The van der Waals surface area contributed by atoms with Crippen LogP contribution in [0.5, 0.6) is 17.2 Å². The average Bonchev–Trinajstić information content (AvgIpc) is 2.62. The summed E-state index contributed by atoms with van der Waals surface area (Å²) in [7, 11) is 0. The molecule has 23 heavy (non-hydrogen) atoms. The van der Waals surface area contributed by atoms with Gasteiger partial charge in [0.25, 0.3) is 0 Å². The van der Waals surface area contributed by atoms with Crippen LogP contribution in [0.3, 0.4) is 0 Å². The lowest BCUT2D eigenvalue weighted by atomic mass is 10.2. The highest BCUT2D eigenvalue weighted by Gasteiger charge is 2.00. The van der Waals surface area contributed by atoms with E-state index in [2.05, 4.69) is 0 Å². The Morgan fingerprint density at radius 1 is 0.739 bits per heavy atom. The van der Waals surface area contributed by atoms with E-state index in [9.17, 15) is 4.79 Å². The molecule has 0 saturated heterocycles. The van der Waals surface area contributed by atoms with E-state index in [1.165, 1.54) is 0 Å². The van der Waals surface area contributed by atoms with Crippen LogP contribution in [0, 0.1) is 0 Å². The van der Waals surface area contributed by atoms with Crippen molar-refractivity contribution in [2.24, 2.45) is 0 Å². The summed E-state index contributed by atoms with van der Waals surface area (Å²) in [6.45, 7) is 0.530. The molecule has 0 atom stereocenters. The summed E-state index contributed by atoms with van der Waals surface area (Å²) in [6, 6.07) is 24.5. The first-order valence-corrected chi connectivity index (χ1v) is 7.33. The number of ether oxygens (including phenoxy) is 2. The van der Waals surface area contributed by atoms with Crippen molar-refractivity contribution < 1.29 is 14.3 Å². The van der Waals surface area contributed by atoms with Crippen LogP contribution in [-0.4, -0.2) is 6.29 Å². The third-order valence-corrected chi connectivity index (χ3v) is 3.30. The Morgan fingerprint density at radius 3 is 2.22 bits per heavy atom. The molecule has 3 nitrogen and oxygen atoms in total. The van der Waals surface area contributed by atoms with E-state index >= 15 is 0 Å². The highest BCUT2D eigenvalue weighted by atomic mass is 16.5. The first kappa shape index (κ1) is 14.9. The van der Waals surface area contributed by atoms with Crippen molar-refractivity contribution in [3.8, 4) is 17.2 Å². The number of aldehydes is 1. The Morgan fingerprint density at radius 2 is 1.48 bits per heavy atom. The quantitative estimate of drug-likeness (QED) is 0.609. The number of benzene rings is 3. The van der Waals surface area contributed by atoms with E-state index < -0.39 is 0 Å². The molecule has 0 aliphatic carbocycles. The van der Waals surface area contributed by atoms with Crippen molar-refractivity contribution in [3.63, 3.8) is 0 Å². The molecule has 0 bridgehead atoms. The van der Waals surface area contributed by atoms with Crippen LogP contribution in [-0.2, 0) is 6.61 Å². The minimum Gasteiger partial charge on any atom is -0.489 e. The van der Waals surface area contributed by atoms with Gasteiger partial charge in [0.15, 0.2) is 0 Å². The molecule has 0 aromatic heterocycles. The molecule has 0 saturated carbocycles. The van der Waals surface area contributed by atoms with Gasteiger partial charge >= 0.3 is 0 Å². The third kappa shape index (κ3) is 4.20. The van der Waals surface area contributed by atoms with E-state index in [0.717, 1.165) is 17.6 Å². The molecule has 0 aliphatic heterocycles. The molecule has 0 spiro atoms. The van der Waals surface area contributed by atoms with Crippen LogP contribution in [0.1, 0.15) is 15.9 Å². The lowest BCUT2D eigenvalue weighted by molar-refractivity contribution is 0.112. The van der Waals surface area contributed by atoms with Crippen LogP contribution < -0.4 is 9.47 Å². The fourth-order valence-corrected chi connectivity index (χ4v) is 2.13. The van der Waals surface area contributed by atoms with E-state index in [1.807, 2.05) is 60.7 Å². The summed E-state index contributed by atoms with van der Waals surface area (Å²) in [5, 5.41) is 0. The van der Waals surface area contributed by atoms with Crippen molar-refractivity contribution in [2.75, 3.05) is 0 Å². The molecule has 0 unspecified atom stereocenters. The molecule has 0 N–H and O–H groups in total. The Bertz CT molecular complexity index is 764. The van der Waals surface area contributed by atoms with Crippen LogP contribution in [0.15, 0.2) is 78.9 Å². The van der Waals surface area contributed by atoms with E-state index in [4.69, 9.17) is 9.47 Å². The predicted octanol–water partition coefficient (Wildman–Crippen LogP) is 4.87. The summed E-state index contributed by atoms with van der Waals surface area (Å²) in [5.41, 5.74) is 1.71. The Kier molecular flexibility index (Phi) is 4.69. The molecule has 114 valence electrons. The fraction of sp³-hybridized carbons (Fsp3) is 0.0500. The minimum absolute atomic E-state index is 0.530. The van der Waals surface area contributed by atoms with Gasteiger partial charge in [-0.15, -0.1) is 0 Å². The number of carbonyl (C=O) groups excluding carboxylic acids is 1. The van der Waals surface area contributed by atoms with Gasteiger partial charge in [-0.3, -0.25) is 4.79 Å². The van der Waals surface area contributed by atoms with Gasteiger partial charge in [-0.25, -0.2) is 0 Å². The summed E-state index contributed by atoms with van der Waals surface area (Å²) in [5.74, 6) is 2.11. The monoisotopic (exact) mass is 304 g/mol. The molecule has 3 aromatic rings. The zero-order chi connectivity index (χ0) is 15.9. The molecule has 0 amide bonds. The SMILES string of the molecule is O=Cc1cccc(Oc2ccc(OCc3ccccc3)cc2)c1. The Balaban J connectivity index is 1.61. The predicted molar refractivity (Wildman–Crippen MR) is 89.1 cm³/mol. The zero-order valence-electron chi connectivity index (χ0n) is 12.5. The normalized spacial score (nSPS) is 10.1. The van der Waals surface area contributed by atoms with Crippen LogP contribution in [0.25, 0.3) is 0 Å². The summed E-state index contributed by atoms with van der Waals surface area (Å²) >= 11 is 0. The number of rotatable bonds is 6. The molecule has 0 radical (unpaired) electrons. The maximum absolute atomic E-state index is 10.8. The van der Waals surface area contributed by atoms with Gasteiger partial charge < -0.3 is 9.47 Å². The smallest absolute Gasteiger partial charge is 0.150 e. The fourth-order valence-electron chi connectivity index (χ4n) is 2.13. The maximum atomic E-state index is 10.8. The van der Waals surface area contributed by atoms with E-state index in [-0.39, 0.29) is 0 Å². The van der Waals surface area contributed by atoms with Gasteiger partial charge in [0.2, 0.25) is 0 Å². The second-order valence-corrected chi connectivity index (χ2v) is 5.04. The van der Waals surface area contributed by atoms with Gasteiger partial charge in [-0.05, 0) is 42.0 Å². The molecule has 0 aliphatic rings. The average molecular weight is 304 g/mol. The number of hydrogen-bond donors (Lipinski definition) is 0. The van der Waals surface area contributed by atoms with E-state index in [1.54, 1.807) is 18.2 Å². The van der Waals surface area contributed by atoms with Gasteiger partial charge in [0, 0.05) is 5.56 Å². The first-order valence-electron chi connectivity index (χ1n) is 7.33. The van der Waals surface area contributed by atoms with Gasteiger partial charge in [-0.2, -0.15) is 0 Å². The highest BCUT2D eigenvalue weighted by Crippen LogP contribution is 2.24. The van der Waals surface area contributed by atoms with E-state index in [0.29, 0.717) is 23.7 Å². The summed E-state index contributed by atoms with van der Waals surface area (Å²) < 4.78 is 11.5. The molecule has 3 heteroatoms. The van der Waals surface area contributed by atoms with Crippen molar-refractivity contribution in [1.29, 1.82) is 0 Å². The first-order chi connectivity index (χ1) is 11.3. The molecule has 3 rings (SSSR count). The molecule has 3 aromatic carbocycles. The topological polar surface area (TPSA) is 35.5 Å². The molecule has 0 fully saturated rings. The lowest BCUT2D eigenvalue weighted by Gasteiger charge is -2.09. The second kappa shape index (κ2) is 7.27. The number of hydrogen-bond acceptors (Lipinski definition) is 3. The van der Waals surface area contributed by atoms with Gasteiger partial charge in [-0.1, -0.05) is 42.5 Å². The van der Waals surface area contributed by atoms with Crippen molar-refractivity contribution in [2.45, 2.75) is 6.61 Å². The summed E-state index contributed by atoms with van der Waals surface area (Å²) in [4.78, 5) is 10.8. The Labute approximate surface area is 135 Å². The van der Waals surface area contributed by atoms with Crippen LogP contribution in [0.2, 0.25) is 0 Å². The van der Waals surface area contributed by atoms with Crippen LogP contribution >= 0.6 is 0 Å². The van der Waals surface area contributed by atoms with Crippen molar-refractivity contribution in [3.05, 3.63) is 90.0 Å². The van der Waals surface area contributed by atoms with Gasteiger partial charge in [0.05, 0.1) is 0 Å².